The average Bonchev–Trinajstić information content (AvgIpc) is 4.03. The first-order valence-electron chi connectivity index (χ1n) is 23.6. The molecule has 1 aliphatic heterocycles. The summed E-state index contributed by atoms with van der Waals surface area (Å²) in [5.74, 6) is 1.48. The van der Waals surface area contributed by atoms with Crippen molar-refractivity contribution in [3.63, 3.8) is 0 Å². The van der Waals surface area contributed by atoms with Crippen LogP contribution in [0.3, 0.4) is 0 Å². The van der Waals surface area contributed by atoms with Crippen LogP contribution in [0, 0.1) is 11.8 Å². The summed E-state index contributed by atoms with van der Waals surface area (Å²) < 4.78 is 1.10. The Morgan fingerprint density at radius 3 is 1.34 bits per heavy atom. The van der Waals surface area contributed by atoms with Crippen LogP contribution >= 0.6 is 17.0 Å². The van der Waals surface area contributed by atoms with Crippen molar-refractivity contribution in [1.29, 1.82) is 0 Å². The Labute approximate surface area is 383 Å². The van der Waals surface area contributed by atoms with Gasteiger partial charge in [-0.3, -0.25) is 0 Å². The van der Waals surface area contributed by atoms with Crippen LogP contribution in [0.5, 0.6) is 0 Å². The van der Waals surface area contributed by atoms with Gasteiger partial charge < -0.3 is 0 Å². The zero-order valence-electron chi connectivity index (χ0n) is 38.0. The van der Waals surface area contributed by atoms with E-state index >= 15 is 0 Å². The van der Waals surface area contributed by atoms with Gasteiger partial charge in [-0.1, -0.05) is 0 Å². The molecule has 0 radical (unpaired) electrons. The standard InChI is InChI=1S/2C23H27.C12H9Si.2ClH.Zr/c2*1-5-16(3)19-14-18-10-9-13-22(23(18)15-19)21-12-8-7-11-20(21)17(4)6-2;1-3-7-11-9(5-1)10-6-2-4-8-12(10)13-11;;;/h2*7-17H,5-6H2,1-4H3;1-7H,13H2;2*1H;/q;;;;;+2/p-2. The molecule has 0 amide bonds. The van der Waals surface area contributed by atoms with Gasteiger partial charge in [0, 0.05) is 0 Å². The summed E-state index contributed by atoms with van der Waals surface area (Å²) in [4.78, 5) is 0. The molecule has 6 unspecified atom stereocenters. The van der Waals surface area contributed by atoms with Gasteiger partial charge in [0.05, 0.1) is 0 Å². The third-order valence-electron chi connectivity index (χ3n) is 15.8. The number of hydrogen-bond donors (Lipinski definition) is 0. The quantitative estimate of drug-likeness (QED) is 0.101. The van der Waals surface area contributed by atoms with Gasteiger partial charge in [0.2, 0.25) is 0 Å². The summed E-state index contributed by atoms with van der Waals surface area (Å²) in [5, 5.41) is 2.98. The Kier molecular flexibility index (Phi) is 12.1. The van der Waals surface area contributed by atoms with Crippen molar-refractivity contribution in [3.8, 4) is 33.4 Å². The van der Waals surface area contributed by atoms with E-state index in [-0.39, 0.29) is 7.25 Å². The molecule has 6 atom stereocenters. The molecule has 0 saturated carbocycles. The Bertz CT molecular complexity index is 2620. The number of halogens is 2. The second-order valence-corrected chi connectivity index (χ2v) is 41.4. The van der Waals surface area contributed by atoms with Crippen molar-refractivity contribution < 1.29 is 16.4 Å². The first-order valence-corrected chi connectivity index (χ1v) is 35.4. The van der Waals surface area contributed by atoms with E-state index < -0.39 is 25.9 Å². The molecule has 0 N–H and O–H groups in total. The SMILES string of the molecule is CCC(C)C1=Cc2c(-c3ccccc3C(C)CC)cccc2[CH]1[Zr]([Cl])([Cl])([c]1cccc2c1[SiH2]c1ccccc1-2)[CH]1C(C(C)CC)=Cc2c(-c3ccccc3C(C)CC)cccc21. The molecule has 3 aliphatic rings. The monoisotopic (exact) mass is 947 g/mol. The van der Waals surface area contributed by atoms with Gasteiger partial charge in [-0.15, -0.1) is 0 Å². The minimum atomic E-state index is -5.74. The van der Waals surface area contributed by atoms with Crippen LogP contribution in [0.4, 0.5) is 0 Å². The normalized spacial score (nSPS) is 19.4. The molecule has 2 aliphatic carbocycles. The van der Waals surface area contributed by atoms with E-state index in [0.717, 1.165) is 25.7 Å². The molecular weight excluding hydrogens is 887 g/mol. The van der Waals surface area contributed by atoms with Crippen molar-refractivity contribution in [3.05, 3.63) is 172 Å². The molecule has 9 rings (SSSR count). The molecule has 1 heterocycles. The zero-order chi connectivity index (χ0) is 43.5. The van der Waals surface area contributed by atoms with E-state index in [0.29, 0.717) is 23.7 Å². The molecule has 0 bridgehead atoms. The molecule has 317 valence electrons. The summed E-state index contributed by atoms with van der Waals surface area (Å²) in [6.45, 7) is 18.9. The van der Waals surface area contributed by atoms with E-state index in [9.17, 15) is 17.0 Å². The van der Waals surface area contributed by atoms with E-state index in [2.05, 4.69) is 195 Å². The van der Waals surface area contributed by atoms with Crippen LogP contribution in [0.2, 0.25) is 0 Å². The number of fused-ring (bicyclic) bond motifs is 5. The van der Waals surface area contributed by atoms with Gasteiger partial charge in [-0.05, 0) is 0 Å². The molecule has 0 saturated heterocycles. The maximum atomic E-state index is 9.53. The van der Waals surface area contributed by atoms with Crippen molar-refractivity contribution >= 4 is 52.3 Å². The first-order chi connectivity index (χ1) is 30.0. The fourth-order valence-corrected chi connectivity index (χ4v) is 39.7. The van der Waals surface area contributed by atoms with E-state index in [1.807, 2.05) is 0 Å². The molecule has 0 aromatic heterocycles. The van der Waals surface area contributed by atoms with Crippen molar-refractivity contribution in [2.45, 2.75) is 100 Å². The zero-order valence-corrected chi connectivity index (χ0v) is 43.4. The second-order valence-electron chi connectivity index (χ2n) is 19.0. The third kappa shape index (κ3) is 6.84. The average molecular weight is 950 g/mol. The Balaban J connectivity index is 1.39. The number of hydrogen-bond acceptors (Lipinski definition) is 0. The van der Waals surface area contributed by atoms with Crippen molar-refractivity contribution in [1.82, 2.24) is 0 Å². The van der Waals surface area contributed by atoms with Gasteiger partial charge in [0.1, 0.15) is 0 Å². The summed E-state index contributed by atoms with van der Waals surface area (Å²) in [7, 11) is 18.2. The molecule has 6 aromatic carbocycles. The molecule has 0 spiro atoms. The van der Waals surface area contributed by atoms with Crippen LogP contribution in [-0.2, 0) is 16.4 Å². The van der Waals surface area contributed by atoms with Gasteiger partial charge >= 0.3 is 386 Å². The Hall–Kier alpha value is -3.52. The minimum absolute atomic E-state index is 0.107. The molecule has 62 heavy (non-hydrogen) atoms. The van der Waals surface area contributed by atoms with Crippen molar-refractivity contribution in [2.24, 2.45) is 11.8 Å². The van der Waals surface area contributed by atoms with Gasteiger partial charge in [0.25, 0.3) is 0 Å². The Morgan fingerprint density at radius 2 is 0.855 bits per heavy atom. The van der Waals surface area contributed by atoms with Crippen LogP contribution in [-0.4, -0.2) is 9.52 Å². The van der Waals surface area contributed by atoms with Gasteiger partial charge in [-0.2, -0.15) is 0 Å². The van der Waals surface area contributed by atoms with Crippen LogP contribution in [0.1, 0.15) is 134 Å². The predicted octanol–water partition coefficient (Wildman–Crippen LogP) is 15.1. The predicted molar refractivity (Wildman–Crippen MR) is 273 cm³/mol. The summed E-state index contributed by atoms with van der Waals surface area (Å²) in [6.07, 6.45) is 9.37. The van der Waals surface area contributed by atoms with E-state index in [1.54, 1.807) is 0 Å². The molecular formula is C58H63Cl2SiZr. The summed E-state index contributed by atoms with van der Waals surface area (Å²) in [6, 6.07) is 48.6. The first kappa shape index (κ1) is 43.7. The third-order valence-corrected chi connectivity index (χ3v) is 38.4. The van der Waals surface area contributed by atoms with Crippen LogP contribution in [0.25, 0.3) is 45.5 Å². The van der Waals surface area contributed by atoms with Crippen molar-refractivity contribution in [2.75, 3.05) is 0 Å². The Morgan fingerprint density at radius 1 is 0.452 bits per heavy atom. The number of allylic oxidation sites excluding steroid dienone is 2. The van der Waals surface area contributed by atoms with E-state index in [4.69, 9.17) is 0 Å². The second kappa shape index (κ2) is 17.1. The summed E-state index contributed by atoms with van der Waals surface area (Å²) >= 11 is -5.74. The van der Waals surface area contributed by atoms with Gasteiger partial charge in [-0.25, -0.2) is 0 Å². The molecule has 0 nitrogen and oxygen atoms in total. The topological polar surface area (TPSA) is 0 Å². The number of benzene rings is 6. The number of rotatable bonds is 13. The molecule has 6 aromatic rings. The fourth-order valence-electron chi connectivity index (χ4n) is 11.7. The van der Waals surface area contributed by atoms with E-state index in [1.165, 1.54) is 91.6 Å². The summed E-state index contributed by atoms with van der Waals surface area (Å²) in [5.41, 5.74) is 19.0. The fraction of sp³-hybridized carbons (Fsp3) is 0.310. The molecule has 0 fully saturated rings. The van der Waals surface area contributed by atoms with Crippen LogP contribution < -0.4 is 13.6 Å². The maximum absolute atomic E-state index is 9.53. The van der Waals surface area contributed by atoms with Gasteiger partial charge in [0.15, 0.2) is 0 Å². The van der Waals surface area contributed by atoms with Crippen LogP contribution in [0.15, 0.2) is 139 Å². The molecule has 4 heteroatoms.